The highest BCUT2D eigenvalue weighted by Gasteiger charge is 2.47. The van der Waals surface area contributed by atoms with Crippen LogP contribution in [0.25, 0.3) is 0 Å². The van der Waals surface area contributed by atoms with Gasteiger partial charge in [0.05, 0.1) is 0 Å². The summed E-state index contributed by atoms with van der Waals surface area (Å²) in [7, 11) is 0. The van der Waals surface area contributed by atoms with Crippen LogP contribution in [0.4, 0.5) is 8.78 Å². The molecule has 2 aliphatic rings. The van der Waals surface area contributed by atoms with E-state index in [0.29, 0.717) is 6.61 Å². The SMILES string of the molecule is FC(F)Oc1ccc(COOC23CCC(CC2)C3)cc1. The third-order valence-electron chi connectivity index (χ3n) is 4.29. The van der Waals surface area contributed by atoms with E-state index >= 15 is 0 Å². The van der Waals surface area contributed by atoms with E-state index in [1.54, 1.807) is 12.1 Å². The molecule has 0 unspecified atom stereocenters. The Balaban J connectivity index is 1.46. The summed E-state index contributed by atoms with van der Waals surface area (Å²) in [6.45, 7) is -2.47. The van der Waals surface area contributed by atoms with E-state index in [2.05, 4.69) is 4.74 Å². The van der Waals surface area contributed by atoms with E-state index in [-0.39, 0.29) is 11.4 Å². The van der Waals surface area contributed by atoms with Crippen molar-refractivity contribution < 1.29 is 23.3 Å². The Morgan fingerprint density at radius 3 is 2.40 bits per heavy atom. The Bertz CT molecular complexity index is 439. The molecule has 2 fully saturated rings. The molecule has 1 aromatic carbocycles. The van der Waals surface area contributed by atoms with Crippen LogP contribution in [0.5, 0.6) is 5.75 Å². The van der Waals surface area contributed by atoms with Gasteiger partial charge in [0, 0.05) is 0 Å². The Labute approximate surface area is 116 Å². The van der Waals surface area contributed by atoms with Crippen molar-refractivity contribution in [2.24, 2.45) is 5.92 Å². The number of fused-ring (bicyclic) bond motifs is 2. The van der Waals surface area contributed by atoms with E-state index < -0.39 is 6.61 Å². The van der Waals surface area contributed by atoms with Gasteiger partial charge in [-0.25, -0.2) is 9.78 Å². The van der Waals surface area contributed by atoms with E-state index in [9.17, 15) is 8.78 Å². The minimum atomic E-state index is -2.79. The monoisotopic (exact) mass is 284 g/mol. The summed E-state index contributed by atoms with van der Waals surface area (Å²) in [6.07, 6.45) is 5.75. The number of hydrogen-bond acceptors (Lipinski definition) is 3. The van der Waals surface area contributed by atoms with Crippen LogP contribution in [0.1, 0.15) is 37.7 Å². The van der Waals surface area contributed by atoms with Crippen molar-refractivity contribution in [1.29, 1.82) is 0 Å². The van der Waals surface area contributed by atoms with Gasteiger partial charge in [-0.2, -0.15) is 8.78 Å². The Morgan fingerprint density at radius 2 is 1.85 bits per heavy atom. The maximum atomic E-state index is 12.0. The molecule has 5 heteroatoms. The quantitative estimate of drug-likeness (QED) is 0.582. The maximum absolute atomic E-state index is 12.0. The molecule has 1 aromatic rings. The molecule has 0 N–H and O–H groups in total. The summed E-state index contributed by atoms with van der Waals surface area (Å²) < 4.78 is 28.3. The lowest BCUT2D eigenvalue weighted by Gasteiger charge is -2.24. The van der Waals surface area contributed by atoms with Crippen molar-refractivity contribution in [3.8, 4) is 5.75 Å². The topological polar surface area (TPSA) is 27.7 Å². The highest BCUT2D eigenvalue weighted by Crippen LogP contribution is 2.50. The lowest BCUT2D eigenvalue weighted by atomic mass is 9.97. The molecule has 0 radical (unpaired) electrons. The molecule has 3 nitrogen and oxygen atoms in total. The predicted molar refractivity (Wildman–Crippen MR) is 68.3 cm³/mol. The van der Waals surface area contributed by atoms with E-state index in [0.717, 1.165) is 30.7 Å². The van der Waals surface area contributed by atoms with Crippen molar-refractivity contribution >= 4 is 0 Å². The molecule has 2 saturated carbocycles. The minimum absolute atomic E-state index is 0.0661. The van der Waals surface area contributed by atoms with Gasteiger partial charge in [0.15, 0.2) is 0 Å². The van der Waals surface area contributed by atoms with Crippen LogP contribution >= 0.6 is 0 Å². The third-order valence-corrected chi connectivity index (χ3v) is 4.29. The largest absolute Gasteiger partial charge is 0.435 e. The van der Waals surface area contributed by atoms with Gasteiger partial charge in [0.25, 0.3) is 0 Å². The molecule has 0 atom stereocenters. The maximum Gasteiger partial charge on any atom is 0.387 e. The summed E-state index contributed by atoms with van der Waals surface area (Å²) in [5, 5.41) is 0. The summed E-state index contributed by atoms with van der Waals surface area (Å²) >= 11 is 0. The third kappa shape index (κ3) is 3.10. The Hall–Kier alpha value is -1.20. The van der Waals surface area contributed by atoms with Crippen LogP contribution in [0, 0.1) is 5.92 Å². The van der Waals surface area contributed by atoms with Gasteiger partial charge in [-0.15, -0.1) is 0 Å². The smallest absolute Gasteiger partial charge is 0.387 e. The zero-order valence-electron chi connectivity index (χ0n) is 11.2. The first kappa shape index (κ1) is 13.8. The number of alkyl halides is 2. The molecule has 3 rings (SSSR count). The molecule has 0 aliphatic heterocycles. The molecular formula is C15H18F2O3. The number of rotatable bonds is 6. The molecule has 0 heterocycles. The summed E-state index contributed by atoms with van der Waals surface area (Å²) in [6, 6.07) is 6.41. The van der Waals surface area contributed by atoms with Gasteiger partial charge in [0.1, 0.15) is 18.0 Å². The first-order valence-electron chi connectivity index (χ1n) is 7.00. The van der Waals surface area contributed by atoms with Crippen LogP contribution in [0.15, 0.2) is 24.3 Å². The predicted octanol–water partition coefficient (Wildman–Crippen LogP) is 4.07. The van der Waals surface area contributed by atoms with Crippen molar-refractivity contribution in [1.82, 2.24) is 0 Å². The lowest BCUT2D eigenvalue weighted by molar-refractivity contribution is -0.367. The van der Waals surface area contributed by atoms with E-state index in [1.807, 2.05) is 0 Å². The molecule has 0 aromatic heterocycles. The highest BCUT2D eigenvalue weighted by atomic mass is 19.3. The minimum Gasteiger partial charge on any atom is -0.435 e. The number of hydrogen-bond donors (Lipinski definition) is 0. The Kier molecular flexibility index (Phi) is 3.89. The highest BCUT2D eigenvalue weighted by molar-refractivity contribution is 5.26. The molecule has 0 spiro atoms. The first-order valence-corrected chi connectivity index (χ1v) is 7.00. The van der Waals surface area contributed by atoms with Crippen molar-refractivity contribution in [3.63, 3.8) is 0 Å². The molecule has 2 aliphatic carbocycles. The number of benzene rings is 1. The van der Waals surface area contributed by atoms with Crippen LogP contribution in [-0.2, 0) is 16.4 Å². The van der Waals surface area contributed by atoms with Gasteiger partial charge in [0.2, 0.25) is 0 Å². The van der Waals surface area contributed by atoms with Crippen LogP contribution in [0.2, 0.25) is 0 Å². The van der Waals surface area contributed by atoms with Gasteiger partial charge in [-0.3, -0.25) is 0 Å². The van der Waals surface area contributed by atoms with Crippen LogP contribution in [0.3, 0.4) is 0 Å². The van der Waals surface area contributed by atoms with E-state index in [1.165, 1.54) is 25.0 Å². The summed E-state index contributed by atoms with van der Waals surface area (Å²) in [5.74, 6) is 0.960. The van der Waals surface area contributed by atoms with Gasteiger partial charge < -0.3 is 4.74 Å². The standard InChI is InChI=1S/C15H18F2O3/c16-14(17)19-13-3-1-12(2-4-13)10-18-20-15-7-5-11(9-15)6-8-15/h1-4,11,14H,5-10H2. The average Bonchev–Trinajstić information content (AvgIpc) is 3.01. The van der Waals surface area contributed by atoms with Gasteiger partial charge in [-0.1, -0.05) is 12.1 Å². The zero-order valence-corrected chi connectivity index (χ0v) is 11.2. The van der Waals surface area contributed by atoms with Crippen molar-refractivity contribution in [2.45, 2.75) is 50.9 Å². The summed E-state index contributed by atoms with van der Waals surface area (Å²) in [4.78, 5) is 11.0. The fourth-order valence-corrected chi connectivity index (χ4v) is 3.25. The van der Waals surface area contributed by atoms with Gasteiger partial charge in [-0.05, 0) is 55.7 Å². The zero-order chi connectivity index (χ0) is 14.0. The molecule has 0 amide bonds. The fourth-order valence-electron chi connectivity index (χ4n) is 3.25. The number of ether oxygens (including phenoxy) is 1. The molecule has 2 bridgehead atoms. The molecule has 20 heavy (non-hydrogen) atoms. The van der Waals surface area contributed by atoms with Crippen LogP contribution in [-0.4, -0.2) is 12.2 Å². The second-order valence-corrected chi connectivity index (χ2v) is 5.70. The summed E-state index contributed by atoms with van der Waals surface area (Å²) in [5.41, 5.74) is 0.805. The molecular weight excluding hydrogens is 266 g/mol. The second-order valence-electron chi connectivity index (χ2n) is 5.70. The second kappa shape index (κ2) is 5.66. The Morgan fingerprint density at radius 1 is 1.15 bits per heavy atom. The van der Waals surface area contributed by atoms with Crippen LogP contribution < -0.4 is 4.74 Å². The average molecular weight is 284 g/mol. The van der Waals surface area contributed by atoms with E-state index in [4.69, 9.17) is 9.78 Å². The van der Waals surface area contributed by atoms with Crippen molar-refractivity contribution in [3.05, 3.63) is 29.8 Å². The van der Waals surface area contributed by atoms with Crippen molar-refractivity contribution in [2.75, 3.05) is 0 Å². The number of halogens is 2. The van der Waals surface area contributed by atoms with Gasteiger partial charge >= 0.3 is 6.61 Å². The molecule has 0 saturated heterocycles. The normalized spacial score (nSPS) is 28.2. The fraction of sp³-hybridized carbons (Fsp3) is 0.600. The lowest BCUT2D eigenvalue weighted by Crippen LogP contribution is -2.26. The molecule has 110 valence electrons. The first-order chi connectivity index (χ1) is 9.65.